The van der Waals surface area contributed by atoms with Gasteiger partial charge in [-0.1, -0.05) is 0 Å². The van der Waals surface area contributed by atoms with Crippen molar-refractivity contribution < 1.29 is 18.3 Å². The lowest BCUT2D eigenvalue weighted by Crippen LogP contribution is -2.34. The van der Waals surface area contributed by atoms with Crippen LogP contribution in [0.4, 0.5) is 13.2 Å². The molecule has 2 rings (SSSR count). The van der Waals surface area contributed by atoms with Gasteiger partial charge in [-0.15, -0.1) is 0 Å². The number of hydrogen-bond acceptors (Lipinski definition) is 4. The van der Waals surface area contributed by atoms with Crippen LogP contribution in [-0.2, 0) is 13.2 Å². The second-order valence-corrected chi connectivity index (χ2v) is 3.61. The number of H-pyrrole nitrogens is 1. The standard InChI is InChI=1S/C9H5F3N2O4/c1-14-8(18)3(7(13-14)9(10,11)12)2-4(15)6(17)5(2)16/h13,15H,1H3. The smallest absolute Gasteiger partial charge is 0.433 e. The molecule has 1 heterocycles. The van der Waals surface area contributed by atoms with Gasteiger partial charge < -0.3 is 5.11 Å². The van der Waals surface area contributed by atoms with Crippen molar-refractivity contribution in [3.63, 3.8) is 0 Å². The summed E-state index contributed by atoms with van der Waals surface area (Å²) in [7, 11) is 1.02. The van der Waals surface area contributed by atoms with Crippen molar-refractivity contribution in [2.45, 2.75) is 6.18 Å². The van der Waals surface area contributed by atoms with Gasteiger partial charge in [-0.2, -0.15) is 13.2 Å². The zero-order valence-electron chi connectivity index (χ0n) is 8.75. The predicted molar refractivity (Wildman–Crippen MR) is 53.0 cm³/mol. The van der Waals surface area contributed by atoms with Crippen molar-refractivity contribution in [1.82, 2.24) is 9.78 Å². The molecule has 2 aromatic rings. The third-order valence-electron chi connectivity index (χ3n) is 2.47. The predicted octanol–water partition coefficient (Wildman–Crippen LogP) is -0.299. The highest BCUT2D eigenvalue weighted by atomic mass is 19.4. The van der Waals surface area contributed by atoms with Gasteiger partial charge in [0.2, 0.25) is 5.43 Å². The first-order valence-electron chi connectivity index (χ1n) is 4.55. The molecule has 0 bridgehead atoms. The molecule has 6 nitrogen and oxygen atoms in total. The number of aromatic amines is 1. The second kappa shape index (κ2) is 3.34. The van der Waals surface area contributed by atoms with Crippen molar-refractivity contribution >= 4 is 0 Å². The highest BCUT2D eigenvalue weighted by molar-refractivity contribution is 5.75. The molecule has 96 valence electrons. The lowest BCUT2D eigenvalue weighted by molar-refractivity contribution is -0.141. The molecule has 1 aromatic carbocycles. The number of halogens is 3. The minimum absolute atomic E-state index is 0.508. The number of aromatic hydroxyl groups is 1. The summed E-state index contributed by atoms with van der Waals surface area (Å²) < 4.78 is 38.4. The number of hydrogen-bond donors (Lipinski definition) is 2. The Hall–Kier alpha value is -2.32. The molecule has 0 saturated carbocycles. The molecule has 0 atom stereocenters. The Morgan fingerprint density at radius 2 is 1.67 bits per heavy atom. The Morgan fingerprint density at radius 1 is 1.11 bits per heavy atom. The van der Waals surface area contributed by atoms with E-state index in [1.165, 1.54) is 0 Å². The monoisotopic (exact) mass is 262 g/mol. The zero-order valence-corrected chi connectivity index (χ0v) is 8.75. The van der Waals surface area contributed by atoms with E-state index in [-0.39, 0.29) is 0 Å². The maximum Gasteiger partial charge on any atom is 0.433 e. The number of nitrogens with zero attached hydrogens (tertiary/aromatic N) is 1. The Labute approximate surface area is 95.6 Å². The highest BCUT2D eigenvalue weighted by Crippen LogP contribution is 2.35. The molecule has 0 aliphatic heterocycles. The van der Waals surface area contributed by atoms with Crippen molar-refractivity contribution in [3.05, 3.63) is 36.5 Å². The molecule has 0 amide bonds. The Morgan fingerprint density at radius 3 is 2.11 bits per heavy atom. The number of rotatable bonds is 1. The number of alkyl halides is 3. The summed E-state index contributed by atoms with van der Waals surface area (Å²) in [5, 5.41) is 10.8. The summed E-state index contributed by atoms with van der Waals surface area (Å²) in [6, 6.07) is 0. The van der Waals surface area contributed by atoms with Crippen LogP contribution in [0.5, 0.6) is 5.75 Å². The normalized spacial score (nSPS) is 12.2. The lowest BCUT2D eigenvalue weighted by atomic mass is 10.00. The fourth-order valence-corrected chi connectivity index (χ4v) is 1.60. The van der Waals surface area contributed by atoms with E-state index in [0.29, 0.717) is 4.68 Å². The van der Waals surface area contributed by atoms with Crippen molar-refractivity contribution in [3.8, 4) is 16.9 Å². The first kappa shape index (κ1) is 12.1. The van der Waals surface area contributed by atoms with E-state index in [1.807, 2.05) is 0 Å². The zero-order chi connectivity index (χ0) is 13.8. The van der Waals surface area contributed by atoms with Gasteiger partial charge in [-0.25, -0.2) is 0 Å². The van der Waals surface area contributed by atoms with E-state index in [2.05, 4.69) is 0 Å². The van der Waals surface area contributed by atoms with Gasteiger partial charge >= 0.3 is 6.18 Å². The van der Waals surface area contributed by atoms with E-state index >= 15 is 0 Å². The van der Waals surface area contributed by atoms with Gasteiger partial charge in [0.15, 0.2) is 5.75 Å². The first-order valence-corrected chi connectivity index (χ1v) is 4.55. The molecular weight excluding hydrogens is 257 g/mol. The van der Waals surface area contributed by atoms with Gasteiger partial charge in [0, 0.05) is 7.05 Å². The molecular formula is C9H5F3N2O4. The summed E-state index contributed by atoms with van der Waals surface area (Å²) in [6.45, 7) is 0. The second-order valence-electron chi connectivity index (χ2n) is 3.61. The van der Waals surface area contributed by atoms with Crippen LogP contribution in [0.3, 0.4) is 0 Å². The molecule has 0 radical (unpaired) electrons. The van der Waals surface area contributed by atoms with E-state index in [0.717, 1.165) is 7.05 Å². The quantitative estimate of drug-likeness (QED) is 0.690. The van der Waals surface area contributed by atoms with E-state index in [9.17, 15) is 27.6 Å². The van der Waals surface area contributed by atoms with Crippen LogP contribution in [0, 0.1) is 0 Å². The van der Waals surface area contributed by atoms with Crippen LogP contribution in [0.1, 0.15) is 5.69 Å². The topological polar surface area (TPSA) is 92.2 Å². The molecule has 0 saturated heterocycles. The van der Waals surface area contributed by atoms with Crippen molar-refractivity contribution in [2.75, 3.05) is 0 Å². The molecule has 1 aromatic heterocycles. The minimum atomic E-state index is -4.91. The molecule has 2 N–H and O–H groups in total. The van der Waals surface area contributed by atoms with Gasteiger partial charge in [0.1, 0.15) is 5.69 Å². The third kappa shape index (κ3) is 1.40. The van der Waals surface area contributed by atoms with E-state index in [4.69, 9.17) is 5.11 Å². The molecule has 9 heteroatoms. The van der Waals surface area contributed by atoms with Gasteiger partial charge in [-0.05, 0) is 0 Å². The fourth-order valence-electron chi connectivity index (χ4n) is 1.60. The molecule has 0 spiro atoms. The SMILES string of the molecule is Cn1[nH]c(C(F)(F)F)c(-c2c(O)c(=O)c2=O)c1=O. The van der Waals surface area contributed by atoms with Gasteiger partial charge in [-0.3, -0.25) is 24.2 Å². The summed E-state index contributed by atoms with van der Waals surface area (Å²) in [4.78, 5) is 33.4. The summed E-state index contributed by atoms with van der Waals surface area (Å²) in [5.41, 5.74) is -7.17. The van der Waals surface area contributed by atoms with Crippen molar-refractivity contribution in [2.24, 2.45) is 7.05 Å². The molecule has 0 unspecified atom stereocenters. The Bertz CT molecular complexity index is 758. The summed E-state index contributed by atoms with van der Waals surface area (Å²) in [6.07, 6.45) is -4.91. The minimum Gasteiger partial charge on any atom is -0.503 e. The Kier molecular flexibility index (Phi) is 2.25. The molecule has 0 aliphatic rings. The number of aryl methyl sites for hydroxylation is 1. The van der Waals surface area contributed by atoms with Crippen molar-refractivity contribution in [1.29, 1.82) is 0 Å². The first-order chi connectivity index (χ1) is 8.16. The maximum atomic E-state index is 12.6. The third-order valence-corrected chi connectivity index (χ3v) is 2.47. The van der Waals surface area contributed by atoms with E-state index < -0.39 is 45.2 Å². The largest absolute Gasteiger partial charge is 0.503 e. The average molecular weight is 262 g/mol. The summed E-state index contributed by atoms with van der Waals surface area (Å²) in [5.74, 6) is -1.12. The molecule has 0 fully saturated rings. The molecule has 18 heavy (non-hydrogen) atoms. The van der Waals surface area contributed by atoms with Crippen LogP contribution in [0.15, 0.2) is 14.4 Å². The van der Waals surface area contributed by atoms with E-state index in [1.54, 1.807) is 5.10 Å². The van der Waals surface area contributed by atoms with Crippen LogP contribution in [-0.4, -0.2) is 14.9 Å². The maximum absolute atomic E-state index is 12.6. The lowest BCUT2D eigenvalue weighted by Gasteiger charge is -2.07. The van der Waals surface area contributed by atoms with Crippen LogP contribution >= 0.6 is 0 Å². The number of nitrogens with one attached hydrogen (secondary N) is 1. The fraction of sp³-hybridized carbons (Fsp3) is 0.222. The van der Waals surface area contributed by atoms with Crippen LogP contribution in [0.2, 0.25) is 0 Å². The van der Waals surface area contributed by atoms with Crippen LogP contribution < -0.4 is 16.4 Å². The molecule has 0 aliphatic carbocycles. The number of aromatic nitrogens is 2. The Balaban J connectivity index is 2.85. The highest BCUT2D eigenvalue weighted by Gasteiger charge is 2.41. The average Bonchev–Trinajstić information content (AvgIpc) is 2.56. The summed E-state index contributed by atoms with van der Waals surface area (Å²) >= 11 is 0. The van der Waals surface area contributed by atoms with Gasteiger partial charge in [0.25, 0.3) is 11.0 Å². The van der Waals surface area contributed by atoms with Crippen LogP contribution in [0.25, 0.3) is 11.1 Å². The van der Waals surface area contributed by atoms with Gasteiger partial charge in [0.05, 0.1) is 11.1 Å².